The van der Waals surface area contributed by atoms with E-state index in [1.807, 2.05) is 12.1 Å². The monoisotopic (exact) mass is 253 g/mol. The summed E-state index contributed by atoms with van der Waals surface area (Å²) < 4.78 is 5.84. The molecular weight excluding hydrogens is 234 g/mol. The van der Waals surface area contributed by atoms with Gasteiger partial charge in [0.15, 0.2) is 0 Å². The minimum Gasteiger partial charge on any atom is -0.488 e. The van der Waals surface area contributed by atoms with Crippen LogP contribution in [0.25, 0.3) is 0 Å². The number of para-hydroxylation sites is 1. The van der Waals surface area contributed by atoms with Crippen LogP contribution < -0.4 is 10.1 Å². The minimum atomic E-state index is 0.240. The molecule has 0 bridgehead atoms. The molecule has 0 aliphatic carbocycles. The molecule has 1 aliphatic rings. The molecule has 1 heterocycles. The van der Waals surface area contributed by atoms with E-state index in [2.05, 4.69) is 24.4 Å². The predicted octanol–water partition coefficient (Wildman–Crippen LogP) is 2.99. The number of halogens is 1. The van der Waals surface area contributed by atoms with Gasteiger partial charge in [0.2, 0.25) is 0 Å². The second-order valence-electron chi connectivity index (χ2n) is 4.60. The Morgan fingerprint density at radius 2 is 2.29 bits per heavy atom. The molecular formula is C14H20ClNO. The number of fused-ring (bicyclic) bond motifs is 1. The molecule has 0 spiro atoms. The zero-order valence-electron chi connectivity index (χ0n) is 10.3. The molecule has 1 aromatic rings. The van der Waals surface area contributed by atoms with E-state index >= 15 is 0 Å². The van der Waals surface area contributed by atoms with Crippen LogP contribution in [0.4, 0.5) is 0 Å². The summed E-state index contributed by atoms with van der Waals surface area (Å²) >= 11 is 6.15. The van der Waals surface area contributed by atoms with Crippen molar-refractivity contribution in [2.24, 2.45) is 0 Å². The van der Waals surface area contributed by atoms with Crippen molar-refractivity contribution >= 4 is 11.6 Å². The summed E-state index contributed by atoms with van der Waals surface area (Å²) in [5, 5.41) is 3.63. The van der Waals surface area contributed by atoms with Crippen molar-refractivity contribution in [1.29, 1.82) is 0 Å². The van der Waals surface area contributed by atoms with Crippen molar-refractivity contribution < 1.29 is 4.74 Å². The first-order valence-electron chi connectivity index (χ1n) is 6.39. The molecule has 0 fully saturated rings. The Kier molecular flexibility index (Phi) is 4.69. The number of ether oxygens (including phenoxy) is 1. The van der Waals surface area contributed by atoms with Gasteiger partial charge >= 0.3 is 0 Å². The van der Waals surface area contributed by atoms with Gasteiger partial charge in [0.05, 0.1) is 0 Å². The zero-order chi connectivity index (χ0) is 12.1. The molecule has 2 unspecified atom stereocenters. The van der Waals surface area contributed by atoms with Gasteiger partial charge in [-0.05, 0) is 18.1 Å². The predicted molar refractivity (Wildman–Crippen MR) is 72.0 cm³/mol. The Balaban J connectivity index is 1.70. The fourth-order valence-corrected chi connectivity index (χ4v) is 2.51. The van der Waals surface area contributed by atoms with Gasteiger partial charge < -0.3 is 10.1 Å². The highest BCUT2D eigenvalue weighted by atomic mass is 35.5. The summed E-state index contributed by atoms with van der Waals surface area (Å²) in [5.41, 5.74) is 1.32. The first-order chi connectivity index (χ1) is 8.29. The van der Waals surface area contributed by atoms with Crippen molar-refractivity contribution in [1.82, 2.24) is 5.32 Å². The Labute approximate surface area is 108 Å². The molecule has 0 saturated carbocycles. The van der Waals surface area contributed by atoms with Crippen LogP contribution in [0, 0.1) is 0 Å². The molecule has 0 radical (unpaired) electrons. The molecule has 94 valence electrons. The summed E-state index contributed by atoms with van der Waals surface area (Å²) in [4.78, 5) is 0. The maximum absolute atomic E-state index is 6.15. The zero-order valence-corrected chi connectivity index (χ0v) is 11.0. The van der Waals surface area contributed by atoms with Gasteiger partial charge in [-0.15, -0.1) is 11.6 Å². The molecule has 1 N–H and O–H groups in total. The number of hydrogen-bond acceptors (Lipinski definition) is 2. The highest BCUT2D eigenvalue weighted by Gasteiger charge is 2.21. The Morgan fingerprint density at radius 3 is 3.06 bits per heavy atom. The van der Waals surface area contributed by atoms with Crippen LogP contribution in [0.3, 0.4) is 0 Å². The van der Waals surface area contributed by atoms with Crippen molar-refractivity contribution in [3.63, 3.8) is 0 Å². The molecule has 17 heavy (non-hydrogen) atoms. The summed E-state index contributed by atoms with van der Waals surface area (Å²) in [7, 11) is 0. The Hall–Kier alpha value is -0.730. The van der Waals surface area contributed by atoms with Crippen LogP contribution in [-0.2, 0) is 6.42 Å². The summed E-state index contributed by atoms with van der Waals surface area (Å²) in [5.74, 6) is 1.04. The first-order valence-corrected chi connectivity index (χ1v) is 6.82. The summed E-state index contributed by atoms with van der Waals surface area (Å²) in [6, 6.07) is 8.26. The van der Waals surface area contributed by atoms with E-state index in [4.69, 9.17) is 16.3 Å². The fraction of sp³-hybridized carbons (Fsp3) is 0.571. The smallest absolute Gasteiger partial charge is 0.123 e. The lowest BCUT2D eigenvalue weighted by molar-refractivity contribution is 0.228. The van der Waals surface area contributed by atoms with Crippen LogP contribution in [0.5, 0.6) is 5.75 Å². The minimum absolute atomic E-state index is 0.240. The van der Waals surface area contributed by atoms with Gasteiger partial charge in [0.25, 0.3) is 0 Å². The second kappa shape index (κ2) is 6.27. The maximum atomic E-state index is 6.15. The molecule has 1 aromatic carbocycles. The third-order valence-corrected chi connectivity index (χ3v) is 3.43. The molecule has 0 saturated heterocycles. The van der Waals surface area contributed by atoms with Gasteiger partial charge in [-0.25, -0.2) is 0 Å². The van der Waals surface area contributed by atoms with E-state index in [-0.39, 0.29) is 11.5 Å². The summed E-state index contributed by atoms with van der Waals surface area (Å²) in [6.07, 6.45) is 3.48. The van der Waals surface area contributed by atoms with Gasteiger partial charge in [-0.2, -0.15) is 0 Å². The van der Waals surface area contributed by atoms with E-state index < -0.39 is 0 Å². The SMILES string of the molecule is CCCC(Cl)CNCC1Cc2ccccc2O1. The number of hydrogen-bond donors (Lipinski definition) is 1. The highest BCUT2D eigenvalue weighted by Crippen LogP contribution is 2.27. The van der Waals surface area contributed by atoms with Crippen LogP contribution in [0.2, 0.25) is 0 Å². The quantitative estimate of drug-likeness (QED) is 0.787. The van der Waals surface area contributed by atoms with E-state index in [0.29, 0.717) is 0 Å². The van der Waals surface area contributed by atoms with Crippen LogP contribution >= 0.6 is 11.6 Å². The molecule has 2 nitrogen and oxygen atoms in total. The van der Waals surface area contributed by atoms with Crippen molar-refractivity contribution in [2.75, 3.05) is 13.1 Å². The highest BCUT2D eigenvalue weighted by molar-refractivity contribution is 6.20. The van der Waals surface area contributed by atoms with Crippen molar-refractivity contribution in [3.8, 4) is 5.75 Å². The van der Waals surface area contributed by atoms with Crippen molar-refractivity contribution in [3.05, 3.63) is 29.8 Å². The standard InChI is InChI=1S/C14H20ClNO/c1-2-5-12(15)9-16-10-13-8-11-6-3-4-7-14(11)17-13/h3-4,6-7,12-13,16H,2,5,8-10H2,1H3. The maximum Gasteiger partial charge on any atom is 0.123 e. The lowest BCUT2D eigenvalue weighted by Crippen LogP contribution is -2.33. The van der Waals surface area contributed by atoms with Crippen LogP contribution in [-0.4, -0.2) is 24.6 Å². The molecule has 0 aromatic heterocycles. The number of nitrogens with one attached hydrogen (secondary N) is 1. The van der Waals surface area contributed by atoms with Gasteiger partial charge in [-0.1, -0.05) is 31.5 Å². The number of alkyl halides is 1. The van der Waals surface area contributed by atoms with E-state index in [9.17, 15) is 0 Å². The molecule has 3 heteroatoms. The normalized spacial score (nSPS) is 19.8. The number of rotatable bonds is 6. The largest absolute Gasteiger partial charge is 0.488 e. The van der Waals surface area contributed by atoms with Crippen LogP contribution in [0.1, 0.15) is 25.3 Å². The van der Waals surface area contributed by atoms with Crippen molar-refractivity contribution in [2.45, 2.75) is 37.7 Å². The van der Waals surface area contributed by atoms with E-state index in [0.717, 1.165) is 38.1 Å². The lowest BCUT2D eigenvalue weighted by Gasteiger charge is -2.14. The topological polar surface area (TPSA) is 21.3 Å². The number of benzene rings is 1. The first kappa shape index (κ1) is 12.7. The molecule has 1 aliphatic heterocycles. The van der Waals surface area contributed by atoms with Gasteiger partial charge in [0, 0.05) is 24.9 Å². The summed E-state index contributed by atoms with van der Waals surface area (Å²) in [6.45, 7) is 3.90. The van der Waals surface area contributed by atoms with Gasteiger partial charge in [0.1, 0.15) is 11.9 Å². The molecule has 2 atom stereocenters. The molecule has 0 amide bonds. The lowest BCUT2D eigenvalue weighted by atomic mass is 10.1. The molecule has 2 rings (SSSR count). The average molecular weight is 254 g/mol. The van der Waals surface area contributed by atoms with Gasteiger partial charge in [-0.3, -0.25) is 0 Å². The Morgan fingerprint density at radius 1 is 1.47 bits per heavy atom. The van der Waals surface area contributed by atoms with E-state index in [1.54, 1.807) is 0 Å². The average Bonchev–Trinajstić information content (AvgIpc) is 2.71. The third-order valence-electron chi connectivity index (χ3n) is 3.05. The van der Waals surface area contributed by atoms with Crippen LogP contribution in [0.15, 0.2) is 24.3 Å². The fourth-order valence-electron chi connectivity index (χ4n) is 2.18. The third kappa shape index (κ3) is 3.62. The van der Waals surface area contributed by atoms with E-state index in [1.165, 1.54) is 5.56 Å². The Bertz CT molecular complexity index is 331. The second-order valence-corrected chi connectivity index (χ2v) is 5.21.